The maximum atomic E-state index is 12.1. The molecule has 0 bridgehead atoms. The summed E-state index contributed by atoms with van der Waals surface area (Å²) in [6, 6.07) is 12.5. The number of benzene rings is 2. The van der Waals surface area contributed by atoms with Gasteiger partial charge in [0.15, 0.2) is 0 Å². The Bertz CT molecular complexity index is 641. The average molecular weight is 286 g/mol. The molecule has 0 aliphatic rings. The van der Waals surface area contributed by atoms with Gasteiger partial charge in [-0.15, -0.1) is 0 Å². The highest BCUT2D eigenvalue weighted by Gasteiger charge is 2.09. The second kappa shape index (κ2) is 6.65. The van der Waals surface area contributed by atoms with Crippen molar-refractivity contribution in [1.82, 2.24) is 0 Å². The van der Waals surface area contributed by atoms with E-state index in [1.54, 1.807) is 25.3 Å². The summed E-state index contributed by atoms with van der Waals surface area (Å²) in [7, 11) is 3.13. The molecular formula is C16H18N2O3. The van der Waals surface area contributed by atoms with Crippen molar-refractivity contribution in [2.24, 2.45) is 0 Å². The Hall–Kier alpha value is -2.69. The number of methoxy groups -OCH3 is 2. The highest BCUT2D eigenvalue weighted by atomic mass is 16.5. The normalized spacial score (nSPS) is 10.0. The average Bonchev–Trinajstić information content (AvgIpc) is 2.49. The third kappa shape index (κ3) is 3.89. The van der Waals surface area contributed by atoms with E-state index in [4.69, 9.17) is 15.2 Å². The highest BCUT2D eigenvalue weighted by Crippen LogP contribution is 2.26. The Morgan fingerprint density at radius 3 is 2.67 bits per heavy atom. The first-order chi connectivity index (χ1) is 10.1. The first-order valence-electron chi connectivity index (χ1n) is 6.48. The lowest BCUT2D eigenvalue weighted by Crippen LogP contribution is -2.15. The van der Waals surface area contributed by atoms with E-state index in [2.05, 4.69) is 5.32 Å². The minimum Gasteiger partial charge on any atom is -0.497 e. The van der Waals surface area contributed by atoms with E-state index in [1.807, 2.05) is 24.3 Å². The smallest absolute Gasteiger partial charge is 0.228 e. The molecule has 0 spiro atoms. The van der Waals surface area contributed by atoms with Crippen molar-refractivity contribution in [3.63, 3.8) is 0 Å². The Kier molecular flexibility index (Phi) is 4.66. The Balaban J connectivity index is 2.08. The van der Waals surface area contributed by atoms with E-state index in [9.17, 15) is 4.79 Å². The third-order valence-corrected chi connectivity index (χ3v) is 3.00. The summed E-state index contributed by atoms with van der Waals surface area (Å²) in [5.41, 5.74) is 7.74. The van der Waals surface area contributed by atoms with Gasteiger partial charge in [0.1, 0.15) is 11.5 Å². The molecule has 5 nitrogen and oxygen atoms in total. The van der Waals surface area contributed by atoms with E-state index < -0.39 is 0 Å². The number of hydrogen-bond acceptors (Lipinski definition) is 4. The molecular weight excluding hydrogens is 268 g/mol. The summed E-state index contributed by atoms with van der Waals surface area (Å²) in [5.74, 6) is 1.13. The summed E-state index contributed by atoms with van der Waals surface area (Å²) in [5, 5.41) is 2.81. The zero-order valence-corrected chi connectivity index (χ0v) is 12.1. The van der Waals surface area contributed by atoms with E-state index in [1.165, 1.54) is 7.11 Å². The number of carbonyl (C=O) groups excluding carboxylic acids is 1. The molecule has 21 heavy (non-hydrogen) atoms. The summed E-state index contributed by atoms with van der Waals surface area (Å²) in [4.78, 5) is 12.1. The molecule has 0 aliphatic heterocycles. The first-order valence-corrected chi connectivity index (χ1v) is 6.48. The van der Waals surface area contributed by atoms with E-state index in [0.29, 0.717) is 17.1 Å². The highest BCUT2D eigenvalue weighted by molar-refractivity contribution is 5.94. The standard InChI is InChI=1S/C16H18N2O3/c1-20-13-5-3-4-11(8-13)9-16(19)18-14-7-6-12(17)10-15(14)21-2/h3-8,10H,9,17H2,1-2H3,(H,18,19). The number of rotatable bonds is 5. The summed E-state index contributed by atoms with van der Waals surface area (Å²) in [6.45, 7) is 0. The van der Waals surface area contributed by atoms with Gasteiger partial charge in [-0.1, -0.05) is 12.1 Å². The van der Waals surface area contributed by atoms with Crippen LogP contribution in [0, 0.1) is 0 Å². The van der Waals surface area contributed by atoms with Crippen molar-refractivity contribution < 1.29 is 14.3 Å². The van der Waals surface area contributed by atoms with Gasteiger partial charge in [0.2, 0.25) is 5.91 Å². The number of nitrogens with two attached hydrogens (primary N) is 1. The van der Waals surface area contributed by atoms with Crippen LogP contribution in [-0.2, 0) is 11.2 Å². The molecule has 2 rings (SSSR count). The number of carbonyl (C=O) groups is 1. The van der Waals surface area contributed by atoms with Crippen LogP contribution in [0.3, 0.4) is 0 Å². The van der Waals surface area contributed by atoms with Gasteiger partial charge in [-0.3, -0.25) is 4.79 Å². The van der Waals surface area contributed by atoms with Crippen LogP contribution in [0.1, 0.15) is 5.56 Å². The van der Waals surface area contributed by atoms with E-state index >= 15 is 0 Å². The minimum absolute atomic E-state index is 0.133. The predicted molar refractivity (Wildman–Crippen MR) is 82.7 cm³/mol. The van der Waals surface area contributed by atoms with Crippen molar-refractivity contribution in [2.75, 3.05) is 25.3 Å². The molecule has 2 aromatic carbocycles. The SMILES string of the molecule is COc1cccc(CC(=O)Nc2ccc(N)cc2OC)c1. The zero-order valence-electron chi connectivity index (χ0n) is 12.1. The Morgan fingerprint density at radius 2 is 1.95 bits per heavy atom. The number of hydrogen-bond donors (Lipinski definition) is 2. The third-order valence-electron chi connectivity index (χ3n) is 3.00. The Morgan fingerprint density at radius 1 is 1.14 bits per heavy atom. The van der Waals surface area contributed by atoms with Crippen LogP contribution in [0.15, 0.2) is 42.5 Å². The van der Waals surface area contributed by atoms with Crippen LogP contribution in [0.25, 0.3) is 0 Å². The fourth-order valence-corrected chi connectivity index (χ4v) is 1.97. The van der Waals surface area contributed by atoms with Crippen LogP contribution < -0.4 is 20.5 Å². The van der Waals surface area contributed by atoms with Gasteiger partial charge in [0, 0.05) is 11.8 Å². The topological polar surface area (TPSA) is 73.6 Å². The number of ether oxygens (including phenoxy) is 2. The van der Waals surface area contributed by atoms with Crippen LogP contribution in [0.4, 0.5) is 11.4 Å². The number of anilines is 2. The molecule has 1 amide bonds. The number of nitrogens with one attached hydrogen (secondary N) is 1. The van der Waals surface area contributed by atoms with Crippen LogP contribution >= 0.6 is 0 Å². The van der Waals surface area contributed by atoms with E-state index in [-0.39, 0.29) is 12.3 Å². The molecule has 0 fully saturated rings. The van der Waals surface area contributed by atoms with Crippen LogP contribution in [-0.4, -0.2) is 20.1 Å². The second-order valence-electron chi connectivity index (χ2n) is 4.54. The molecule has 0 aromatic heterocycles. The summed E-state index contributed by atoms with van der Waals surface area (Å²) in [6.07, 6.45) is 0.255. The lowest BCUT2D eigenvalue weighted by Gasteiger charge is -2.11. The summed E-state index contributed by atoms with van der Waals surface area (Å²) < 4.78 is 10.3. The number of nitrogen functional groups attached to an aromatic ring is 1. The molecule has 2 aromatic rings. The molecule has 0 radical (unpaired) electrons. The molecule has 0 aliphatic carbocycles. The maximum Gasteiger partial charge on any atom is 0.228 e. The van der Waals surface area contributed by atoms with Gasteiger partial charge in [-0.25, -0.2) is 0 Å². The molecule has 3 N–H and O–H groups in total. The fourth-order valence-electron chi connectivity index (χ4n) is 1.97. The Labute approximate surface area is 123 Å². The molecule has 0 saturated heterocycles. The van der Waals surface area contributed by atoms with Crippen molar-refractivity contribution in [3.05, 3.63) is 48.0 Å². The quantitative estimate of drug-likeness (QED) is 0.828. The van der Waals surface area contributed by atoms with E-state index in [0.717, 1.165) is 11.3 Å². The molecule has 5 heteroatoms. The van der Waals surface area contributed by atoms with Gasteiger partial charge >= 0.3 is 0 Å². The molecule has 0 heterocycles. The van der Waals surface area contributed by atoms with Gasteiger partial charge in [-0.2, -0.15) is 0 Å². The van der Waals surface area contributed by atoms with Crippen molar-refractivity contribution >= 4 is 17.3 Å². The molecule has 0 unspecified atom stereocenters. The van der Waals surface area contributed by atoms with Crippen LogP contribution in [0.5, 0.6) is 11.5 Å². The molecule has 0 atom stereocenters. The van der Waals surface area contributed by atoms with Crippen molar-refractivity contribution in [1.29, 1.82) is 0 Å². The predicted octanol–water partition coefficient (Wildman–Crippen LogP) is 2.47. The van der Waals surface area contributed by atoms with Crippen LogP contribution in [0.2, 0.25) is 0 Å². The lowest BCUT2D eigenvalue weighted by atomic mass is 10.1. The molecule has 110 valence electrons. The zero-order chi connectivity index (χ0) is 15.2. The van der Waals surface area contributed by atoms with Gasteiger partial charge in [-0.05, 0) is 29.8 Å². The van der Waals surface area contributed by atoms with Gasteiger partial charge < -0.3 is 20.5 Å². The minimum atomic E-state index is -0.133. The monoisotopic (exact) mass is 286 g/mol. The number of amides is 1. The largest absolute Gasteiger partial charge is 0.497 e. The second-order valence-corrected chi connectivity index (χ2v) is 4.54. The fraction of sp³-hybridized carbons (Fsp3) is 0.188. The molecule has 0 saturated carbocycles. The maximum absolute atomic E-state index is 12.1. The van der Waals surface area contributed by atoms with Crippen molar-refractivity contribution in [2.45, 2.75) is 6.42 Å². The van der Waals surface area contributed by atoms with Gasteiger partial charge in [0.25, 0.3) is 0 Å². The first kappa shape index (κ1) is 14.7. The van der Waals surface area contributed by atoms with Gasteiger partial charge in [0.05, 0.1) is 26.3 Å². The summed E-state index contributed by atoms with van der Waals surface area (Å²) >= 11 is 0. The van der Waals surface area contributed by atoms with Crippen molar-refractivity contribution in [3.8, 4) is 11.5 Å². The lowest BCUT2D eigenvalue weighted by molar-refractivity contribution is -0.115.